The average molecular weight is 256 g/mol. The molecule has 0 radical (unpaired) electrons. The van der Waals surface area contributed by atoms with Crippen LogP contribution in [0.5, 0.6) is 0 Å². The molecule has 1 aromatic rings. The zero-order chi connectivity index (χ0) is 13.3. The fourth-order valence-corrected chi connectivity index (χ4v) is 1.80. The number of ether oxygens (including phenoxy) is 1. The number of nitrogen functional groups attached to an aromatic ring is 1. The molecule has 8 nitrogen and oxygen atoms in total. The average Bonchev–Trinajstić information content (AvgIpc) is 2.73. The standard InChI is InChI=1S/C10H16N4O4/c1-14-7(11)6(8(15)13-9(14)16)12-4-10(17)2-3-18-5-10/h12,17H,2-5,11H2,1H3,(H,13,15,16). The largest absolute Gasteiger partial charge is 0.386 e. The zero-order valence-electron chi connectivity index (χ0n) is 10.0. The van der Waals surface area contributed by atoms with Crippen LogP contribution < -0.4 is 22.3 Å². The van der Waals surface area contributed by atoms with Crippen LogP contribution in [0.2, 0.25) is 0 Å². The first kappa shape index (κ1) is 12.7. The smallest absolute Gasteiger partial charge is 0.329 e. The Kier molecular flexibility index (Phi) is 3.14. The minimum absolute atomic E-state index is 0.0336. The SMILES string of the molecule is Cn1c(N)c(NCC2(O)CCOC2)c(=O)[nH]c1=O. The molecule has 1 aliphatic heterocycles. The maximum Gasteiger partial charge on any atom is 0.329 e. The van der Waals surface area contributed by atoms with Gasteiger partial charge in [0.25, 0.3) is 5.56 Å². The number of nitrogens with zero attached hydrogens (tertiary/aromatic N) is 1. The normalized spacial score (nSPS) is 23.2. The van der Waals surface area contributed by atoms with Crippen molar-refractivity contribution in [1.29, 1.82) is 0 Å². The molecule has 1 saturated heterocycles. The summed E-state index contributed by atoms with van der Waals surface area (Å²) in [5.74, 6) is 0.0336. The third-order valence-corrected chi connectivity index (χ3v) is 3.05. The number of nitrogens with two attached hydrogens (primary N) is 1. The Hall–Kier alpha value is -1.80. The summed E-state index contributed by atoms with van der Waals surface area (Å²) in [5, 5.41) is 12.8. The molecular weight excluding hydrogens is 240 g/mol. The number of hydrogen-bond acceptors (Lipinski definition) is 6. The Bertz CT molecular complexity index is 556. The highest BCUT2D eigenvalue weighted by atomic mass is 16.5. The number of hydrogen-bond donors (Lipinski definition) is 4. The van der Waals surface area contributed by atoms with E-state index in [9.17, 15) is 14.7 Å². The van der Waals surface area contributed by atoms with Crippen LogP contribution in [-0.2, 0) is 11.8 Å². The molecule has 2 rings (SSSR count). The number of rotatable bonds is 3. The second-order valence-corrected chi connectivity index (χ2v) is 4.46. The minimum atomic E-state index is -1.01. The van der Waals surface area contributed by atoms with E-state index >= 15 is 0 Å². The van der Waals surface area contributed by atoms with Crippen molar-refractivity contribution in [2.45, 2.75) is 12.0 Å². The van der Waals surface area contributed by atoms with E-state index in [0.717, 1.165) is 4.57 Å². The van der Waals surface area contributed by atoms with Crippen molar-refractivity contribution in [2.75, 3.05) is 30.8 Å². The topological polar surface area (TPSA) is 122 Å². The summed E-state index contributed by atoms with van der Waals surface area (Å²) in [5.41, 5.74) is 3.58. The molecule has 1 aliphatic rings. The van der Waals surface area contributed by atoms with Crippen LogP contribution in [0.25, 0.3) is 0 Å². The van der Waals surface area contributed by atoms with Gasteiger partial charge in [0.2, 0.25) is 0 Å². The summed E-state index contributed by atoms with van der Waals surface area (Å²) in [4.78, 5) is 25.0. The van der Waals surface area contributed by atoms with Crippen molar-refractivity contribution < 1.29 is 9.84 Å². The van der Waals surface area contributed by atoms with Gasteiger partial charge in [0.05, 0.1) is 6.61 Å². The molecule has 1 aromatic heterocycles. The van der Waals surface area contributed by atoms with Crippen LogP contribution in [-0.4, -0.2) is 40.0 Å². The fourth-order valence-electron chi connectivity index (χ4n) is 1.80. The highest BCUT2D eigenvalue weighted by molar-refractivity contribution is 5.60. The molecule has 1 unspecified atom stereocenters. The van der Waals surface area contributed by atoms with Crippen LogP contribution in [0.4, 0.5) is 11.5 Å². The van der Waals surface area contributed by atoms with Crippen molar-refractivity contribution in [2.24, 2.45) is 7.05 Å². The number of aliphatic hydroxyl groups is 1. The number of H-pyrrole nitrogens is 1. The van der Waals surface area contributed by atoms with Crippen molar-refractivity contribution in [3.63, 3.8) is 0 Å². The highest BCUT2D eigenvalue weighted by Crippen LogP contribution is 2.19. The van der Waals surface area contributed by atoms with Gasteiger partial charge in [-0.25, -0.2) is 4.79 Å². The van der Waals surface area contributed by atoms with Gasteiger partial charge in [0.15, 0.2) is 0 Å². The van der Waals surface area contributed by atoms with E-state index in [-0.39, 0.29) is 24.7 Å². The summed E-state index contributed by atoms with van der Waals surface area (Å²) in [6, 6.07) is 0. The van der Waals surface area contributed by atoms with E-state index in [1.165, 1.54) is 7.05 Å². The Labute approximate surface area is 102 Å². The lowest BCUT2D eigenvalue weighted by Crippen LogP contribution is -2.40. The lowest BCUT2D eigenvalue weighted by Gasteiger charge is -2.21. The number of aromatic amines is 1. The molecule has 0 saturated carbocycles. The van der Waals surface area contributed by atoms with Crippen LogP contribution in [0.15, 0.2) is 9.59 Å². The van der Waals surface area contributed by atoms with Gasteiger partial charge in [-0.1, -0.05) is 0 Å². The summed E-state index contributed by atoms with van der Waals surface area (Å²) >= 11 is 0. The molecule has 0 amide bonds. The lowest BCUT2D eigenvalue weighted by atomic mass is 10.0. The minimum Gasteiger partial charge on any atom is -0.386 e. The highest BCUT2D eigenvalue weighted by Gasteiger charge is 2.32. The molecule has 1 atom stereocenters. The lowest BCUT2D eigenvalue weighted by molar-refractivity contribution is 0.0382. The predicted octanol–water partition coefficient (Wildman–Crippen LogP) is -1.78. The molecule has 1 fully saturated rings. The van der Waals surface area contributed by atoms with E-state index in [0.29, 0.717) is 13.0 Å². The van der Waals surface area contributed by atoms with Crippen LogP contribution in [0.3, 0.4) is 0 Å². The molecule has 100 valence electrons. The Morgan fingerprint density at radius 1 is 1.61 bits per heavy atom. The number of nitrogens with one attached hydrogen (secondary N) is 2. The molecule has 0 spiro atoms. The molecule has 18 heavy (non-hydrogen) atoms. The maximum atomic E-state index is 11.6. The van der Waals surface area contributed by atoms with Gasteiger partial charge in [-0.2, -0.15) is 0 Å². The van der Waals surface area contributed by atoms with Crippen molar-refractivity contribution in [3.8, 4) is 0 Å². The molecule has 0 aromatic carbocycles. The molecule has 8 heteroatoms. The molecule has 0 aliphatic carbocycles. The van der Waals surface area contributed by atoms with Crippen LogP contribution >= 0.6 is 0 Å². The maximum absolute atomic E-state index is 11.6. The van der Waals surface area contributed by atoms with Gasteiger partial charge in [0.1, 0.15) is 17.1 Å². The third kappa shape index (κ3) is 2.24. The van der Waals surface area contributed by atoms with Crippen molar-refractivity contribution in [1.82, 2.24) is 9.55 Å². The van der Waals surface area contributed by atoms with Gasteiger partial charge in [0, 0.05) is 26.6 Å². The van der Waals surface area contributed by atoms with E-state index in [2.05, 4.69) is 10.3 Å². The van der Waals surface area contributed by atoms with Gasteiger partial charge >= 0.3 is 5.69 Å². The predicted molar refractivity (Wildman–Crippen MR) is 65.6 cm³/mol. The second-order valence-electron chi connectivity index (χ2n) is 4.46. The second kappa shape index (κ2) is 4.46. The summed E-state index contributed by atoms with van der Waals surface area (Å²) in [6.07, 6.45) is 0.490. The van der Waals surface area contributed by atoms with Crippen molar-refractivity contribution in [3.05, 3.63) is 20.8 Å². The van der Waals surface area contributed by atoms with Gasteiger partial charge < -0.3 is 20.9 Å². The number of aromatic nitrogens is 2. The Morgan fingerprint density at radius 3 is 2.94 bits per heavy atom. The molecule has 2 heterocycles. The van der Waals surface area contributed by atoms with Gasteiger partial charge in [-0.3, -0.25) is 14.3 Å². The van der Waals surface area contributed by atoms with E-state index in [1.807, 2.05) is 0 Å². The van der Waals surface area contributed by atoms with E-state index < -0.39 is 16.9 Å². The first-order chi connectivity index (χ1) is 8.43. The third-order valence-electron chi connectivity index (χ3n) is 3.05. The Balaban J connectivity index is 2.22. The van der Waals surface area contributed by atoms with Gasteiger partial charge in [-0.05, 0) is 0 Å². The molecular formula is C10H16N4O4. The van der Waals surface area contributed by atoms with Gasteiger partial charge in [-0.15, -0.1) is 0 Å². The van der Waals surface area contributed by atoms with Crippen LogP contribution in [0.1, 0.15) is 6.42 Å². The van der Waals surface area contributed by atoms with Crippen LogP contribution in [0, 0.1) is 0 Å². The fraction of sp³-hybridized carbons (Fsp3) is 0.600. The summed E-state index contributed by atoms with van der Waals surface area (Å²) in [6.45, 7) is 0.833. The van der Waals surface area contributed by atoms with E-state index in [4.69, 9.17) is 10.5 Å². The molecule has 0 bridgehead atoms. The first-order valence-corrected chi connectivity index (χ1v) is 5.56. The quantitative estimate of drug-likeness (QED) is 0.507. The molecule has 5 N–H and O–H groups in total. The number of anilines is 2. The summed E-state index contributed by atoms with van der Waals surface area (Å²) < 4.78 is 6.21. The zero-order valence-corrected chi connectivity index (χ0v) is 10.0. The monoisotopic (exact) mass is 256 g/mol. The Morgan fingerprint density at radius 2 is 2.33 bits per heavy atom. The first-order valence-electron chi connectivity index (χ1n) is 5.56. The van der Waals surface area contributed by atoms with E-state index in [1.54, 1.807) is 0 Å². The summed E-state index contributed by atoms with van der Waals surface area (Å²) in [7, 11) is 1.45. The van der Waals surface area contributed by atoms with Crippen molar-refractivity contribution >= 4 is 11.5 Å².